The Kier molecular flexibility index (Phi) is 2.22. The van der Waals surface area contributed by atoms with Crippen molar-refractivity contribution in [2.45, 2.75) is 33.2 Å². The quantitative estimate of drug-likeness (QED) is 0.663. The molecular formula is C12H16FN. The Labute approximate surface area is 84.5 Å². The van der Waals surface area contributed by atoms with Crippen LogP contribution in [0, 0.1) is 12.7 Å². The van der Waals surface area contributed by atoms with E-state index in [1.165, 1.54) is 5.56 Å². The Balaban J connectivity index is 2.45. The van der Waals surface area contributed by atoms with Crippen molar-refractivity contribution in [2.75, 3.05) is 11.4 Å². The number of anilines is 1. The number of halogens is 1. The third-order valence-electron chi connectivity index (χ3n) is 2.91. The summed E-state index contributed by atoms with van der Waals surface area (Å²) in [5.74, 6) is -0.0868. The zero-order valence-corrected chi connectivity index (χ0v) is 8.97. The molecule has 1 aromatic rings. The Hall–Kier alpha value is -1.05. The average Bonchev–Trinajstić information content (AvgIpc) is 2.48. The van der Waals surface area contributed by atoms with E-state index in [0.717, 1.165) is 24.2 Å². The van der Waals surface area contributed by atoms with E-state index in [4.69, 9.17) is 0 Å². The summed E-state index contributed by atoms with van der Waals surface area (Å²) in [6.07, 6.45) is 1.05. The summed E-state index contributed by atoms with van der Waals surface area (Å²) in [5.41, 5.74) is 3.13. The minimum atomic E-state index is -0.0868. The molecule has 0 saturated carbocycles. The molecule has 1 nitrogen and oxygen atoms in total. The number of fused-ring (bicyclic) bond motifs is 1. The maximum absolute atomic E-state index is 13.4. The van der Waals surface area contributed by atoms with E-state index in [0.29, 0.717) is 6.04 Å². The third kappa shape index (κ3) is 1.39. The predicted octanol–water partition coefficient (Wildman–Crippen LogP) is 2.91. The molecule has 1 heterocycles. The number of nitrogens with zero attached hydrogens (tertiary/aromatic N) is 1. The van der Waals surface area contributed by atoms with Crippen molar-refractivity contribution in [1.29, 1.82) is 0 Å². The maximum Gasteiger partial charge on any atom is 0.128 e. The molecule has 1 aliphatic heterocycles. The first-order valence-electron chi connectivity index (χ1n) is 5.15. The van der Waals surface area contributed by atoms with Gasteiger partial charge in [0.1, 0.15) is 5.82 Å². The predicted molar refractivity (Wildman–Crippen MR) is 57.3 cm³/mol. The highest BCUT2D eigenvalue weighted by Gasteiger charge is 2.22. The van der Waals surface area contributed by atoms with Crippen LogP contribution in [-0.4, -0.2) is 12.6 Å². The van der Waals surface area contributed by atoms with Gasteiger partial charge in [-0.2, -0.15) is 0 Å². The van der Waals surface area contributed by atoms with Crippen LogP contribution in [0.15, 0.2) is 12.1 Å². The largest absolute Gasteiger partial charge is 0.368 e. The molecule has 0 aromatic heterocycles. The number of hydrogen-bond acceptors (Lipinski definition) is 1. The maximum atomic E-state index is 13.4. The summed E-state index contributed by atoms with van der Waals surface area (Å²) in [7, 11) is 0. The summed E-state index contributed by atoms with van der Waals surface area (Å²) < 4.78 is 13.4. The molecule has 0 spiro atoms. The molecule has 0 N–H and O–H groups in total. The van der Waals surface area contributed by atoms with Gasteiger partial charge >= 0.3 is 0 Å². The minimum Gasteiger partial charge on any atom is -0.368 e. The molecule has 76 valence electrons. The molecule has 0 bridgehead atoms. The van der Waals surface area contributed by atoms with Gasteiger partial charge in [0, 0.05) is 18.3 Å². The van der Waals surface area contributed by atoms with E-state index in [-0.39, 0.29) is 5.82 Å². The summed E-state index contributed by atoms with van der Waals surface area (Å²) >= 11 is 0. The Morgan fingerprint density at radius 2 is 2.07 bits per heavy atom. The molecule has 1 aromatic carbocycles. The Bertz CT molecular complexity index is 358. The van der Waals surface area contributed by atoms with Crippen LogP contribution in [0.4, 0.5) is 10.1 Å². The lowest BCUT2D eigenvalue weighted by Crippen LogP contribution is -2.28. The van der Waals surface area contributed by atoms with Crippen LogP contribution in [0.1, 0.15) is 25.0 Å². The highest BCUT2D eigenvalue weighted by atomic mass is 19.1. The second-order valence-electron chi connectivity index (χ2n) is 4.27. The molecule has 0 amide bonds. The second-order valence-corrected chi connectivity index (χ2v) is 4.27. The van der Waals surface area contributed by atoms with Gasteiger partial charge in [-0.25, -0.2) is 4.39 Å². The van der Waals surface area contributed by atoms with Crippen molar-refractivity contribution < 1.29 is 4.39 Å². The van der Waals surface area contributed by atoms with E-state index in [1.807, 2.05) is 13.0 Å². The molecule has 0 saturated heterocycles. The monoisotopic (exact) mass is 193 g/mol. The Morgan fingerprint density at radius 3 is 2.71 bits per heavy atom. The summed E-state index contributed by atoms with van der Waals surface area (Å²) in [6, 6.07) is 4.11. The van der Waals surface area contributed by atoms with Gasteiger partial charge in [0.2, 0.25) is 0 Å². The summed E-state index contributed by atoms with van der Waals surface area (Å²) in [6.45, 7) is 7.14. The van der Waals surface area contributed by atoms with Gasteiger partial charge in [-0.15, -0.1) is 0 Å². The highest BCUT2D eigenvalue weighted by Crippen LogP contribution is 2.31. The summed E-state index contributed by atoms with van der Waals surface area (Å²) in [5, 5.41) is 0. The van der Waals surface area contributed by atoms with Crippen LogP contribution in [0.25, 0.3) is 0 Å². The SMILES string of the molecule is Cc1cc2c(cc1F)N(C(C)C)CC2. The van der Waals surface area contributed by atoms with Gasteiger partial charge < -0.3 is 4.90 Å². The van der Waals surface area contributed by atoms with Crippen LogP contribution in [0.3, 0.4) is 0 Å². The molecule has 2 rings (SSSR count). The average molecular weight is 193 g/mol. The first kappa shape index (κ1) is 9.50. The van der Waals surface area contributed by atoms with Crippen molar-refractivity contribution in [1.82, 2.24) is 0 Å². The van der Waals surface area contributed by atoms with Gasteiger partial charge in [0.05, 0.1) is 0 Å². The Morgan fingerprint density at radius 1 is 1.36 bits per heavy atom. The number of aryl methyl sites for hydroxylation is 1. The molecule has 0 radical (unpaired) electrons. The molecule has 0 fully saturated rings. The van der Waals surface area contributed by atoms with E-state index < -0.39 is 0 Å². The number of benzene rings is 1. The van der Waals surface area contributed by atoms with Gasteiger partial charge in [-0.05, 0) is 44.4 Å². The molecule has 0 atom stereocenters. The van der Waals surface area contributed by atoms with Crippen LogP contribution >= 0.6 is 0 Å². The van der Waals surface area contributed by atoms with Crippen molar-refractivity contribution in [2.24, 2.45) is 0 Å². The van der Waals surface area contributed by atoms with E-state index in [1.54, 1.807) is 6.07 Å². The van der Waals surface area contributed by atoms with E-state index in [2.05, 4.69) is 18.7 Å². The fourth-order valence-corrected chi connectivity index (χ4v) is 2.10. The molecular weight excluding hydrogens is 177 g/mol. The fourth-order valence-electron chi connectivity index (χ4n) is 2.10. The molecule has 0 unspecified atom stereocenters. The van der Waals surface area contributed by atoms with Gasteiger partial charge in [0.25, 0.3) is 0 Å². The lowest BCUT2D eigenvalue weighted by molar-refractivity contribution is 0.617. The smallest absolute Gasteiger partial charge is 0.128 e. The van der Waals surface area contributed by atoms with Crippen molar-refractivity contribution in [3.63, 3.8) is 0 Å². The number of rotatable bonds is 1. The first-order valence-corrected chi connectivity index (χ1v) is 5.15. The molecule has 0 aliphatic carbocycles. The minimum absolute atomic E-state index is 0.0868. The lowest BCUT2D eigenvalue weighted by atomic mass is 10.1. The highest BCUT2D eigenvalue weighted by molar-refractivity contribution is 5.59. The fraction of sp³-hybridized carbons (Fsp3) is 0.500. The number of hydrogen-bond donors (Lipinski definition) is 0. The third-order valence-corrected chi connectivity index (χ3v) is 2.91. The zero-order valence-electron chi connectivity index (χ0n) is 8.97. The topological polar surface area (TPSA) is 3.24 Å². The van der Waals surface area contributed by atoms with Crippen molar-refractivity contribution >= 4 is 5.69 Å². The van der Waals surface area contributed by atoms with E-state index in [9.17, 15) is 4.39 Å². The zero-order chi connectivity index (χ0) is 10.3. The summed E-state index contributed by atoms with van der Waals surface area (Å²) in [4.78, 5) is 2.26. The van der Waals surface area contributed by atoms with Gasteiger partial charge in [-0.3, -0.25) is 0 Å². The molecule has 1 aliphatic rings. The van der Waals surface area contributed by atoms with Crippen LogP contribution < -0.4 is 4.90 Å². The van der Waals surface area contributed by atoms with Crippen LogP contribution in [-0.2, 0) is 6.42 Å². The second kappa shape index (κ2) is 3.26. The van der Waals surface area contributed by atoms with Crippen molar-refractivity contribution in [3.8, 4) is 0 Å². The normalized spacial score (nSPS) is 15.1. The molecule has 2 heteroatoms. The van der Waals surface area contributed by atoms with Crippen molar-refractivity contribution in [3.05, 3.63) is 29.1 Å². The first-order chi connectivity index (χ1) is 6.59. The van der Waals surface area contributed by atoms with E-state index >= 15 is 0 Å². The van der Waals surface area contributed by atoms with Gasteiger partial charge in [-0.1, -0.05) is 6.07 Å². The van der Waals surface area contributed by atoms with Crippen LogP contribution in [0.2, 0.25) is 0 Å². The van der Waals surface area contributed by atoms with Gasteiger partial charge in [0.15, 0.2) is 0 Å². The lowest BCUT2D eigenvalue weighted by Gasteiger charge is -2.24. The molecule has 14 heavy (non-hydrogen) atoms. The van der Waals surface area contributed by atoms with Crippen LogP contribution in [0.5, 0.6) is 0 Å². The standard InChI is InChI=1S/C12H16FN/c1-8(2)14-5-4-10-6-9(3)11(13)7-12(10)14/h6-8H,4-5H2,1-3H3.